The van der Waals surface area contributed by atoms with Gasteiger partial charge in [0.1, 0.15) is 18.2 Å². The van der Waals surface area contributed by atoms with Crippen LogP contribution in [0.15, 0.2) is 29.5 Å². The number of nitrogens with zero attached hydrogens (tertiary/aromatic N) is 3. The van der Waals surface area contributed by atoms with Gasteiger partial charge in [-0.25, -0.2) is 14.3 Å². The zero-order chi connectivity index (χ0) is 25.2. The molecule has 11 heteroatoms. The second-order valence-electron chi connectivity index (χ2n) is 8.49. The third-order valence-electron chi connectivity index (χ3n) is 6.20. The summed E-state index contributed by atoms with van der Waals surface area (Å²) in [4.78, 5) is 47.5. The predicted molar refractivity (Wildman–Crippen MR) is 116 cm³/mol. The van der Waals surface area contributed by atoms with Crippen molar-refractivity contribution in [3.63, 3.8) is 0 Å². The Labute approximate surface area is 197 Å². The van der Waals surface area contributed by atoms with E-state index in [-0.39, 0.29) is 29.8 Å². The second kappa shape index (κ2) is 10.2. The van der Waals surface area contributed by atoms with E-state index in [2.05, 4.69) is 16.9 Å². The van der Waals surface area contributed by atoms with E-state index in [1.54, 1.807) is 0 Å². The van der Waals surface area contributed by atoms with Gasteiger partial charge in [0.05, 0.1) is 25.8 Å². The summed E-state index contributed by atoms with van der Waals surface area (Å²) in [6.07, 6.45) is 1.14. The molecule has 0 amide bonds. The summed E-state index contributed by atoms with van der Waals surface area (Å²) >= 11 is 0. The summed E-state index contributed by atoms with van der Waals surface area (Å²) < 4.78 is 22.6. The predicted octanol–water partition coefficient (Wildman–Crippen LogP) is 1.94. The van der Waals surface area contributed by atoms with Gasteiger partial charge in [-0.3, -0.25) is 9.59 Å². The first-order valence-electron chi connectivity index (χ1n) is 11.0. The van der Waals surface area contributed by atoms with Gasteiger partial charge in [-0.1, -0.05) is 18.7 Å². The highest BCUT2D eigenvalue weighted by Gasteiger charge is 2.55. The molecule has 0 aromatic carbocycles. The normalized spacial score (nSPS) is 24.9. The third-order valence-corrected chi connectivity index (χ3v) is 6.20. The van der Waals surface area contributed by atoms with E-state index in [4.69, 9.17) is 18.9 Å². The minimum atomic E-state index is -0.759. The number of carbonyl (C=O) groups is 4. The van der Waals surface area contributed by atoms with Crippen LogP contribution in [0.2, 0.25) is 0 Å². The highest BCUT2D eigenvalue weighted by Crippen LogP contribution is 2.49. The van der Waals surface area contributed by atoms with Crippen LogP contribution < -0.4 is 0 Å². The van der Waals surface area contributed by atoms with Crippen molar-refractivity contribution < 1.29 is 38.1 Å². The van der Waals surface area contributed by atoms with Crippen molar-refractivity contribution in [1.29, 1.82) is 0 Å². The number of ether oxygens (including phenoxy) is 4. The minimum Gasteiger partial charge on any atom is -0.466 e. The maximum atomic E-state index is 12.5. The molecule has 1 saturated heterocycles. The summed E-state index contributed by atoms with van der Waals surface area (Å²) in [7, 11) is 1.24. The molecule has 5 atom stereocenters. The smallest absolute Gasteiger partial charge is 0.360 e. The van der Waals surface area contributed by atoms with Crippen LogP contribution in [0.1, 0.15) is 57.1 Å². The van der Waals surface area contributed by atoms with Crippen molar-refractivity contribution >= 4 is 23.9 Å². The van der Waals surface area contributed by atoms with Gasteiger partial charge >= 0.3 is 23.9 Å². The van der Waals surface area contributed by atoms with Crippen molar-refractivity contribution in [2.45, 2.75) is 58.8 Å². The van der Waals surface area contributed by atoms with Gasteiger partial charge in [0.15, 0.2) is 5.69 Å². The van der Waals surface area contributed by atoms with Crippen LogP contribution in [0.4, 0.5) is 0 Å². The number of rotatable bonds is 8. The molecule has 0 bridgehead atoms. The van der Waals surface area contributed by atoms with E-state index >= 15 is 0 Å². The lowest BCUT2D eigenvalue weighted by Gasteiger charge is -2.41. The molecule has 1 aromatic rings. The number of hydrogen-bond donors (Lipinski definition) is 0. The zero-order valence-electron chi connectivity index (χ0n) is 19.9. The first-order valence-corrected chi connectivity index (χ1v) is 11.0. The van der Waals surface area contributed by atoms with Crippen LogP contribution in [0, 0.1) is 11.8 Å². The first kappa shape index (κ1) is 25.1. The van der Waals surface area contributed by atoms with Crippen LogP contribution in [-0.2, 0) is 33.3 Å². The van der Waals surface area contributed by atoms with Gasteiger partial charge in [-0.05, 0) is 36.8 Å². The molecule has 0 saturated carbocycles. The minimum absolute atomic E-state index is 0.00749. The lowest BCUT2D eigenvalue weighted by molar-refractivity contribution is -0.150. The lowest BCUT2D eigenvalue weighted by atomic mass is 9.71. The molecule has 0 unspecified atom stereocenters. The molecule has 2 aliphatic rings. The molecule has 1 fully saturated rings. The van der Waals surface area contributed by atoms with Crippen LogP contribution in [0.25, 0.3) is 0 Å². The quantitative estimate of drug-likeness (QED) is 0.180. The Morgan fingerprint density at radius 1 is 1.26 bits per heavy atom. The molecule has 1 aromatic heterocycles. The van der Waals surface area contributed by atoms with E-state index in [9.17, 15) is 19.2 Å². The average molecular weight is 475 g/mol. The van der Waals surface area contributed by atoms with Gasteiger partial charge in [0, 0.05) is 19.4 Å². The summed E-state index contributed by atoms with van der Waals surface area (Å²) in [6.45, 7) is 10.6. The number of hydrogen-bond acceptors (Lipinski definition) is 10. The monoisotopic (exact) mass is 475 g/mol. The standard InChI is InChI=1S/C23H29N3O8/c1-11(8-7-9-32-14(4)27)17-12(2)19(26-10-16(24-25-26)23(30)31-6)21-18(13(3)22(29)34-21)20(17)33-15(5)28/h10-11,18-21H,3,7-9H2,1-2,4-6H3/t11-,18-,19+,20+,21-/m0/s1. The van der Waals surface area contributed by atoms with Crippen LogP contribution in [-0.4, -0.2) is 64.8 Å². The number of aromatic nitrogens is 3. The highest BCUT2D eigenvalue weighted by molar-refractivity contribution is 5.91. The Morgan fingerprint density at radius 3 is 2.59 bits per heavy atom. The molecule has 2 heterocycles. The Balaban J connectivity index is 2.05. The molecule has 34 heavy (non-hydrogen) atoms. The van der Waals surface area contributed by atoms with Gasteiger partial charge < -0.3 is 18.9 Å². The van der Waals surface area contributed by atoms with Crippen LogP contribution >= 0.6 is 0 Å². The van der Waals surface area contributed by atoms with E-state index in [0.29, 0.717) is 12.8 Å². The molecule has 0 N–H and O–H groups in total. The maximum absolute atomic E-state index is 12.5. The van der Waals surface area contributed by atoms with Crippen LogP contribution in [0.5, 0.6) is 0 Å². The number of methoxy groups -OCH3 is 1. The molecule has 11 nitrogen and oxygen atoms in total. The van der Waals surface area contributed by atoms with Crippen LogP contribution in [0.3, 0.4) is 0 Å². The SMILES string of the molecule is C=C1C(=O)O[C@H]2[C@@H]1[C@H](OC(C)=O)C([C@@H](C)CCCOC(C)=O)=C(C)[C@H]2n1cc(C(=O)OC)nn1. The van der Waals surface area contributed by atoms with Crippen molar-refractivity contribution in [2.75, 3.05) is 13.7 Å². The number of esters is 4. The molecule has 184 valence electrons. The Morgan fingerprint density at radius 2 is 1.97 bits per heavy atom. The van der Waals surface area contributed by atoms with Crippen molar-refractivity contribution in [3.05, 3.63) is 35.2 Å². The average Bonchev–Trinajstić information content (AvgIpc) is 3.35. The molecular weight excluding hydrogens is 446 g/mol. The van der Waals surface area contributed by atoms with E-state index < -0.39 is 42.1 Å². The molecule has 0 spiro atoms. The molecule has 1 aliphatic carbocycles. The lowest BCUT2D eigenvalue weighted by Crippen LogP contribution is -2.46. The van der Waals surface area contributed by atoms with Crippen molar-refractivity contribution in [2.24, 2.45) is 11.8 Å². The largest absolute Gasteiger partial charge is 0.466 e. The van der Waals surface area contributed by atoms with Gasteiger partial charge in [-0.15, -0.1) is 5.10 Å². The van der Waals surface area contributed by atoms with Gasteiger partial charge in [-0.2, -0.15) is 0 Å². The molecular formula is C23H29N3O8. The molecule has 3 rings (SSSR count). The number of fused-ring (bicyclic) bond motifs is 1. The molecule has 1 aliphatic heterocycles. The second-order valence-corrected chi connectivity index (χ2v) is 8.49. The maximum Gasteiger partial charge on any atom is 0.360 e. The summed E-state index contributed by atoms with van der Waals surface area (Å²) in [5.41, 5.74) is 1.79. The van der Waals surface area contributed by atoms with Gasteiger partial charge in [0.2, 0.25) is 0 Å². The summed E-state index contributed by atoms with van der Waals surface area (Å²) in [6, 6.07) is -0.600. The number of carbonyl (C=O) groups excluding carboxylic acids is 4. The Hall–Kier alpha value is -3.50. The Bertz CT molecular complexity index is 1040. The first-order chi connectivity index (χ1) is 16.1. The fourth-order valence-electron chi connectivity index (χ4n) is 4.76. The Kier molecular flexibility index (Phi) is 7.53. The molecule has 0 radical (unpaired) electrons. The highest BCUT2D eigenvalue weighted by atomic mass is 16.6. The van der Waals surface area contributed by atoms with E-state index in [1.807, 2.05) is 13.8 Å². The van der Waals surface area contributed by atoms with E-state index in [0.717, 1.165) is 11.1 Å². The zero-order valence-corrected chi connectivity index (χ0v) is 19.9. The fraction of sp³-hybridized carbons (Fsp3) is 0.565. The third kappa shape index (κ3) is 4.87. The van der Waals surface area contributed by atoms with E-state index in [1.165, 1.54) is 31.8 Å². The topological polar surface area (TPSA) is 136 Å². The van der Waals surface area contributed by atoms with Crippen molar-refractivity contribution in [3.8, 4) is 0 Å². The fourth-order valence-corrected chi connectivity index (χ4v) is 4.76. The van der Waals surface area contributed by atoms with Gasteiger partial charge in [0.25, 0.3) is 0 Å². The summed E-state index contributed by atoms with van der Waals surface area (Å²) in [5.74, 6) is -2.82. The van der Waals surface area contributed by atoms with Crippen molar-refractivity contribution in [1.82, 2.24) is 15.0 Å². The summed E-state index contributed by atoms with van der Waals surface area (Å²) in [5, 5.41) is 7.97.